The number of nitrogens with zero attached hydrogens (tertiary/aromatic N) is 2. The average molecular weight is 262 g/mol. The van der Waals surface area contributed by atoms with Crippen molar-refractivity contribution in [3.63, 3.8) is 0 Å². The molecule has 0 N–H and O–H groups in total. The van der Waals surface area contributed by atoms with Crippen LogP contribution in [0.5, 0.6) is 0 Å². The molecule has 2 aliphatic rings. The van der Waals surface area contributed by atoms with Gasteiger partial charge in [0.05, 0.1) is 13.1 Å². The Balaban J connectivity index is 1.89. The van der Waals surface area contributed by atoms with Crippen molar-refractivity contribution in [3.8, 4) is 0 Å². The lowest BCUT2D eigenvalue weighted by molar-refractivity contribution is 0.128. The zero-order valence-corrected chi connectivity index (χ0v) is 11.4. The van der Waals surface area contributed by atoms with Crippen molar-refractivity contribution < 1.29 is 9.59 Å². The maximum Gasteiger partial charge on any atom is 0.234 e. The molecule has 2 saturated carbocycles. The molecule has 0 amide bonds. The van der Waals surface area contributed by atoms with Crippen LogP contribution in [-0.4, -0.2) is 25.2 Å². The fourth-order valence-corrected chi connectivity index (χ4v) is 4.41. The van der Waals surface area contributed by atoms with E-state index in [2.05, 4.69) is 9.98 Å². The minimum absolute atomic E-state index is 0.430. The Morgan fingerprint density at radius 2 is 1.63 bits per heavy atom. The van der Waals surface area contributed by atoms with Crippen molar-refractivity contribution in [2.75, 3.05) is 13.1 Å². The number of aliphatic imine (C=N–C) groups is 2. The summed E-state index contributed by atoms with van der Waals surface area (Å²) in [5, 5.41) is 0. The smallest absolute Gasteiger partial charge is 0.211 e. The van der Waals surface area contributed by atoms with Crippen LogP contribution in [0.2, 0.25) is 0 Å². The lowest BCUT2D eigenvalue weighted by Crippen LogP contribution is -2.28. The molecule has 2 rings (SSSR count). The zero-order chi connectivity index (χ0) is 13.6. The second-order valence-electron chi connectivity index (χ2n) is 6.10. The third kappa shape index (κ3) is 3.40. The molecular formula is C15H22N2O2. The number of fused-ring (bicyclic) bond motifs is 2. The maximum atomic E-state index is 10.1. The highest BCUT2D eigenvalue weighted by molar-refractivity contribution is 5.32. The van der Waals surface area contributed by atoms with E-state index in [-0.39, 0.29) is 0 Å². The predicted octanol–water partition coefficient (Wildman–Crippen LogP) is 3.02. The Morgan fingerprint density at radius 3 is 2.05 bits per heavy atom. The number of carbonyl (C=O) groups excluding carboxylic acids is 2. The highest BCUT2D eigenvalue weighted by Crippen LogP contribution is 2.60. The maximum absolute atomic E-state index is 10.1. The Hall–Kier alpha value is -1.24. The topological polar surface area (TPSA) is 58.9 Å². The molecule has 2 unspecified atom stereocenters. The Morgan fingerprint density at radius 1 is 1.00 bits per heavy atom. The number of rotatable bonds is 8. The number of hydrogen-bond donors (Lipinski definition) is 0. The highest BCUT2D eigenvalue weighted by atomic mass is 16.1. The van der Waals surface area contributed by atoms with Crippen LogP contribution in [0.1, 0.15) is 51.4 Å². The van der Waals surface area contributed by atoms with Gasteiger partial charge in [-0.3, -0.25) is 0 Å². The summed E-state index contributed by atoms with van der Waals surface area (Å²) in [6.07, 6.45) is 13.0. The van der Waals surface area contributed by atoms with Crippen molar-refractivity contribution in [1.29, 1.82) is 0 Å². The van der Waals surface area contributed by atoms with Crippen molar-refractivity contribution in [3.05, 3.63) is 0 Å². The molecule has 0 aromatic rings. The summed E-state index contributed by atoms with van der Waals surface area (Å²) in [5.41, 5.74) is 0.430. The molecule has 2 aliphatic carbocycles. The second-order valence-corrected chi connectivity index (χ2v) is 6.10. The molecule has 104 valence electrons. The molecule has 4 heteroatoms. The summed E-state index contributed by atoms with van der Waals surface area (Å²) in [7, 11) is 0. The van der Waals surface area contributed by atoms with Gasteiger partial charge in [-0.05, 0) is 62.2 Å². The van der Waals surface area contributed by atoms with Gasteiger partial charge in [0, 0.05) is 0 Å². The van der Waals surface area contributed by atoms with Crippen LogP contribution in [0.15, 0.2) is 9.98 Å². The van der Waals surface area contributed by atoms with Crippen LogP contribution in [0.25, 0.3) is 0 Å². The lowest BCUT2D eigenvalue weighted by atomic mass is 9.67. The SMILES string of the molecule is O=C=NCCCC1(CCCN=C=O)CC2CCC1C2. The van der Waals surface area contributed by atoms with E-state index >= 15 is 0 Å². The van der Waals surface area contributed by atoms with Crippen molar-refractivity contribution in [2.45, 2.75) is 51.4 Å². The molecule has 19 heavy (non-hydrogen) atoms. The average Bonchev–Trinajstić information content (AvgIpc) is 3.01. The summed E-state index contributed by atoms with van der Waals surface area (Å²) in [6.45, 7) is 1.21. The van der Waals surface area contributed by atoms with E-state index in [1.54, 1.807) is 12.2 Å². The Labute approximate surface area is 114 Å². The minimum Gasteiger partial charge on any atom is -0.211 e. The van der Waals surface area contributed by atoms with E-state index in [9.17, 15) is 9.59 Å². The van der Waals surface area contributed by atoms with Gasteiger partial charge in [-0.25, -0.2) is 19.6 Å². The molecule has 4 nitrogen and oxygen atoms in total. The Kier molecular flexibility index (Phi) is 5.07. The van der Waals surface area contributed by atoms with Crippen LogP contribution < -0.4 is 0 Å². The van der Waals surface area contributed by atoms with Gasteiger partial charge in [0.15, 0.2) is 0 Å². The third-order valence-corrected chi connectivity index (χ3v) is 5.12. The van der Waals surface area contributed by atoms with E-state index in [1.165, 1.54) is 25.7 Å². The first-order chi connectivity index (χ1) is 9.30. The van der Waals surface area contributed by atoms with E-state index in [0.717, 1.165) is 37.5 Å². The van der Waals surface area contributed by atoms with Gasteiger partial charge in [-0.1, -0.05) is 6.42 Å². The molecule has 0 heterocycles. The summed E-state index contributed by atoms with van der Waals surface area (Å²) in [6, 6.07) is 0. The van der Waals surface area contributed by atoms with Gasteiger partial charge in [0.2, 0.25) is 12.2 Å². The second kappa shape index (κ2) is 6.79. The molecule has 0 aromatic heterocycles. The molecule has 0 saturated heterocycles. The predicted molar refractivity (Wildman–Crippen MR) is 72.3 cm³/mol. The number of hydrogen-bond acceptors (Lipinski definition) is 4. The fourth-order valence-electron chi connectivity index (χ4n) is 4.41. The molecule has 0 aromatic carbocycles. The molecule has 0 spiro atoms. The largest absolute Gasteiger partial charge is 0.234 e. The van der Waals surface area contributed by atoms with Gasteiger partial charge in [-0.15, -0.1) is 0 Å². The first kappa shape index (κ1) is 14.2. The first-order valence-electron chi connectivity index (χ1n) is 7.38. The van der Waals surface area contributed by atoms with E-state index in [1.807, 2.05) is 0 Å². The van der Waals surface area contributed by atoms with Gasteiger partial charge < -0.3 is 0 Å². The van der Waals surface area contributed by atoms with Crippen LogP contribution in [0, 0.1) is 17.3 Å². The van der Waals surface area contributed by atoms with Crippen LogP contribution in [0.3, 0.4) is 0 Å². The molecule has 0 aliphatic heterocycles. The summed E-state index contributed by atoms with van der Waals surface area (Å²) in [4.78, 5) is 27.5. The fraction of sp³-hybridized carbons (Fsp3) is 0.867. The van der Waals surface area contributed by atoms with Crippen LogP contribution in [-0.2, 0) is 9.59 Å². The van der Waals surface area contributed by atoms with Gasteiger partial charge in [0.25, 0.3) is 0 Å². The van der Waals surface area contributed by atoms with Crippen LogP contribution >= 0.6 is 0 Å². The summed E-state index contributed by atoms with van der Waals surface area (Å²) >= 11 is 0. The highest BCUT2D eigenvalue weighted by Gasteiger charge is 2.49. The summed E-state index contributed by atoms with van der Waals surface area (Å²) < 4.78 is 0. The Bertz CT molecular complexity index is 371. The first-order valence-corrected chi connectivity index (χ1v) is 7.38. The molecule has 2 fully saturated rings. The van der Waals surface area contributed by atoms with E-state index in [4.69, 9.17) is 0 Å². The standard InChI is InChI=1S/C15H22N2O2/c18-11-16-7-1-5-15(6-2-8-17-12-19)10-13-3-4-14(15)9-13/h13-14H,1-10H2. The van der Waals surface area contributed by atoms with Crippen molar-refractivity contribution in [1.82, 2.24) is 0 Å². The van der Waals surface area contributed by atoms with Crippen molar-refractivity contribution in [2.24, 2.45) is 27.2 Å². The molecule has 2 atom stereocenters. The quantitative estimate of drug-likeness (QED) is 0.383. The van der Waals surface area contributed by atoms with E-state index in [0.29, 0.717) is 18.5 Å². The molecule has 2 bridgehead atoms. The number of isocyanates is 2. The zero-order valence-electron chi connectivity index (χ0n) is 11.4. The summed E-state index contributed by atoms with van der Waals surface area (Å²) in [5.74, 6) is 1.76. The van der Waals surface area contributed by atoms with Gasteiger partial charge in [-0.2, -0.15) is 0 Å². The minimum atomic E-state index is 0.430. The normalized spacial score (nSPS) is 31.8. The van der Waals surface area contributed by atoms with E-state index < -0.39 is 0 Å². The lowest BCUT2D eigenvalue weighted by Gasteiger charge is -2.38. The van der Waals surface area contributed by atoms with Gasteiger partial charge >= 0.3 is 0 Å². The molecular weight excluding hydrogens is 240 g/mol. The monoisotopic (exact) mass is 262 g/mol. The van der Waals surface area contributed by atoms with Gasteiger partial charge in [0.1, 0.15) is 0 Å². The third-order valence-electron chi connectivity index (χ3n) is 5.12. The van der Waals surface area contributed by atoms with Crippen LogP contribution in [0.4, 0.5) is 0 Å². The van der Waals surface area contributed by atoms with Crippen molar-refractivity contribution >= 4 is 12.2 Å². The molecule has 0 radical (unpaired) electrons.